The van der Waals surface area contributed by atoms with Crippen molar-refractivity contribution in [2.75, 3.05) is 13.2 Å². The largest absolute Gasteiger partial charge is 0.462 e. The number of unbranched alkanes of at least 4 members (excludes halogenated alkanes) is 18. The molecule has 0 fully saturated rings. The molecule has 0 aromatic heterocycles. The quantitative estimate of drug-likeness (QED) is 0.0262. The molecule has 0 bridgehead atoms. The summed E-state index contributed by atoms with van der Waals surface area (Å²) in [6, 6.07) is 0. The van der Waals surface area contributed by atoms with Crippen molar-refractivity contribution in [1.29, 1.82) is 0 Å². The van der Waals surface area contributed by atoms with Crippen molar-refractivity contribution >= 4 is 17.9 Å². The first-order chi connectivity index (χ1) is 31.0. The highest BCUT2D eigenvalue weighted by atomic mass is 16.6. The van der Waals surface area contributed by atoms with Crippen molar-refractivity contribution in [2.24, 2.45) is 0 Å². The van der Waals surface area contributed by atoms with Gasteiger partial charge < -0.3 is 14.2 Å². The van der Waals surface area contributed by atoms with Gasteiger partial charge in [-0.15, -0.1) is 0 Å². The summed E-state index contributed by atoms with van der Waals surface area (Å²) in [5.74, 6) is -1.00. The zero-order valence-electron chi connectivity index (χ0n) is 40.8. The van der Waals surface area contributed by atoms with E-state index in [0.717, 1.165) is 103 Å². The molecule has 6 heteroatoms. The van der Waals surface area contributed by atoms with Crippen molar-refractivity contribution in [3.8, 4) is 0 Å². The predicted octanol–water partition coefficient (Wildman–Crippen LogP) is 17.0. The smallest absolute Gasteiger partial charge is 0.306 e. The second-order valence-corrected chi connectivity index (χ2v) is 16.7. The van der Waals surface area contributed by atoms with E-state index in [1.807, 2.05) is 0 Å². The normalized spacial score (nSPS) is 12.9. The van der Waals surface area contributed by atoms with Gasteiger partial charge in [0, 0.05) is 19.3 Å². The zero-order chi connectivity index (χ0) is 45.8. The standard InChI is InChI=1S/C57H94O6/c1-4-7-10-13-16-19-22-24-26-28-30-32-35-38-41-44-47-50-56(59)62-53-54(52-61-55(58)49-46-43-40-37-34-21-18-15-12-9-6-3)63-57(60)51-48-45-42-39-36-33-31-29-27-25-23-20-17-14-11-8-5-2/h15-20,24-27,30-33,38,41,54H,4-14,21-23,28-29,34-37,39-40,42-53H2,1-3H3/b18-15-,19-16-,20-17-,26-24-,27-25-,32-30-,33-31-,41-38-/t54-/m1/s1. The van der Waals surface area contributed by atoms with Crippen molar-refractivity contribution in [2.45, 2.75) is 232 Å². The molecule has 358 valence electrons. The first-order valence-electron chi connectivity index (χ1n) is 25.7. The van der Waals surface area contributed by atoms with Gasteiger partial charge in [0.25, 0.3) is 0 Å². The lowest BCUT2D eigenvalue weighted by Gasteiger charge is -2.18. The second-order valence-electron chi connectivity index (χ2n) is 16.7. The predicted molar refractivity (Wildman–Crippen MR) is 270 cm³/mol. The van der Waals surface area contributed by atoms with Crippen LogP contribution in [-0.4, -0.2) is 37.2 Å². The van der Waals surface area contributed by atoms with Crippen LogP contribution in [0.1, 0.15) is 226 Å². The Balaban J connectivity index is 4.52. The van der Waals surface area contributed by atoms with Crippen LogP contribution in [0.3, 0.4) is 0 Å². The van der Waals surface area contributed by atoms with Crippen LogP contribution in [0.5, 0.6) is 0 Å². The van der Waals surface area contributed by atoms with Crippen LogP contribution in [0.4, 0.5) is 0 Å². The lowest BCUT2D eigenvalue weighted by atomic mass is 10.1. The molecule has 1 atom stereocenters. The van der Waals surface area contributed by atoms with Gasteiger partial charge in [-0.25, -0.2) is 0 Å². The molecule has 0 aliphatic rings. The van der Waals surface area contributed by atoms with E-state index in [2.05, 4.69) is 118 Å². The van der Waals surface area contributed by atoms with E-state index >= 15 is 0 Å². The monoisotopic (exact) mass is 875 g/mol. The second kappa shape index (κ2) is 51.0. The van der Waals surface area contributed by atoms with E-state index in [0.29, 0.717) is 12.8 Å². The van der Waals surface area contributed by atoms with E-state index in [-0.39, 0.29) is 44.0 Å². The van der Waals surface area contributed by atoms with E-state index < -0.39 is 6.10 Å². The van der Waals surface area contributed by atoms with Crippen LogP contribution in [0, 0.1) is 0 Å². The van der Waals surface area contributed by atoms with Gasteiger partial charge >= 0.3 is 17.9 Å². The van der Waals surface area contributed by atoms with Crippen LogP contribution in [0.2, 0.25) is 0 Å². The maximum atomic E-state index is 12.8. The van der Waals surface area contributed by atoms with Gasteiger partial charge in [-0.2, -0.15) is 0 Å². The molecule has 0 N–H and O–H groups in total. The summed E-state index contributed by atoms with van der Waals surface area (Å²) in [4.78, 5) is 37.9. The molecule has 0 aromatic rings. The average Bonchev–Trinajstić information content (AvgIpc) is 3.28. The van der Waals surface area contributed by atoms with Crippen LogP contribution in [0.25, 0.3) is 0 Å². The summed E-state index contributed by atoms with van der Waals surface area (Å²) < 4.78 is 16.7. The third kappa shape index (κ3) is 49.2. The summed E-state index contributed by atoms with van der Waals surface area (Å²) in [6.07, 6.45) is 66.8. The Morgan fingerprint density at radius 3 is 1.02 bits per heavy atom. The molecule has 0 unspecified atom stereocenters. The summed E-state index contributed by atoms with van der Waals surface area (Å²) in [5, 5.41) is 0. The third-order valence-corrected chi connectivity index (χ3v) is 10.5. The Labute approximate surface area is 387 Å². The number of carbonyl (C=O) groups excluding carboxylic acids is 3. The zero-order valence-corrected chi connectivity index (χ0v) is 40.8. The Kier molecular flexibility index (Phi) is 48.0. The maximum absolute atomic E-state index is 12.8. The first-order valence-corrected chi connectivity index (χ1v) is 25.7. The van der Waals surface area contributed by atoms with Crippen LogP contribution in [0.15, 0.2) is 97.2 Å². The molecular formula is C57H94O6. The number of allylic oxidation sites excluding steroid dienone is 16. The molecule has 0 aliphatic carbocycles. The fraction of sp³-hybridized carbons (Fsp3) is 0.667. The number of carbonyl (C=O) groups is 3. The Bertz CT molecular complexity index is 1280. The first kappa shape index (κ1) is 59.3. The van der Waals surface area contributed by atoms with E-state index in [1.54, 1.807) is 0 Å². The van der Waals surface area contributed by atoms with Crippen molar-refractivity contribution < 1.29 is 28.6 Å². The fourth-order valence-electron chi connectivity index (χ4n) is 6.60. The molecule has 6 nitrogen and oxygen atoms in total. The molecule has 0 radical (unpaired) electrons. The van der Waals surface area contributed by atoms with Gasteiger partial charge in [0.05, 0.1) is 0 Å². The molecule has 0 rings (SSSR count). The molecule has 0 aliphatic heterocycles. The molecular weight excluding hydrogens is 781 g/mol. The lowest BCUT2D eigenvalue weighted by Crippen LogP contribution is -2.30. The highest BCUT2D eigenvalue weighted by Gasteiger charge is 2.19. The molecule has 0 saturated carbocycles. The lowest BCUT2D eigenvalue weighted by molar-refractivity contribution is -0.167. The van der Waals surface area contributed by atoms with Gasteiger partial charge in [0.1, 0.15) is 13.2 Å². The van der Waals surface area contributed by atoms with E-state index in [4.69, 9.17) is 14.2 Å². The number of esters is 3. The maximum Gasteiger partial charge on any atom is 0.306 e. The fourth-order valence-corrected chi connectivity index (χ4v) is 6.60. The molecule has 0 heterocycles. The minimum atomic E-state index is -0.815. The molecule has 0 aromatic carbocycles. The van der Waals surface area contributed by atoms with E-state index in [9.17, 15) is 14.4 Å². The average molecular weight is 875 g/mol. The summed E-state index contributed by atoms with van der Waals surface area (Å²) in [6.45, 7) is 6.45. The van der Waals surface area contributed by atoms with E-state index in [1.165, 1.54) is 77.0 Å². The van der Waals surface area contributed by atoms with Crippen molar-refractivity contribution in [3.05, 3.63) is 97.2 Å². The molecule has 63 heavy (non-hydrogen) atoms. The third-order valence-electron chi connectivity index (χ3n) is 10.5. The topological polar surface area (TPSA) is 78.9 Å². The van der Waals surface area contributed by atoms with Gasteiger partial charge in [-0.05, 0) is 116 Å². The highest BCUT2D eigenvalue weighted by molar-refractivity contribution is 5.71. The summed E-state index contributed by atoms with van der Waals surface area (Å²) in [7, 11) is 0. The number of hydrogen-bond acceptors (Lipinski definition) is 6. The van der Waals surface area contributed by atoms with Gasteiger partial charge in [-0.1, -0.05) is 189 Å². The summed E-state index contributed by atoms with van der Waals surface area (Å²) in [5.41, 5.74) is 0. The number of hydrogen-bond donors (Lipinski definition) is 0. The van der Waals surface area contributed by atoms with Crippen molar-refractivity contribution in [3.63, 3.8) is 0 Å². The van der Waals surface area contributed by atoms with Crippen molar-refractivity contribution in [1.82, 2.24) is 0 Å². The Hall–Kier alpha value is -3.67. The Morgan fingerprint density at radius 2 is 0.603 bits per heavy atom. The van der Waals surface area contributed by atoms with Crippen LogP contribution < -0.4 is 0 Å². The molecule has 0 saturated heterocycles. The minimum Gasteiger partial charge on any atom is -0.462 e. The Morgan fingerprint density at radius 1 is 0.317 bits per heavy atom. The van der Waals surface area contributed by atoms with Gasteiger partial charge in [-0.3, -0.25) is 14.4 Å². The number of rotatable bonds is 45. The number of ether oxygens (including phenoxy) is 3. The molecule has 0 spiro atoms. The minimum absolute atomic E-state index is 0.109. The highest BCUT2D eigenvalue weighted by Crippen LogP contribution is 2.12. The van der Waals surface area contributed by atoms with Gasteiger partial charge in [0.15, 0.2) is 6.10 Å². The van der Waals surface area contributed by atoms with Gasteiger partial charge in [0.2, 0.25) is 0 Å². The molecule has 0 amide bonds. The SMILES string of the molecule is CCCC/C=C\CCCCCCCC(=O)OC[C@H](COC(=O)CCC/C=C\C/C=C\C/C=C\C/C=C\CCCCC)OC(=O)CCCCCC/C=C\C/C=C\C/C=C\CCCCC. The van der Waals surface area contributed by atoms with Crippen LogP contribution in [-0.2, 0) is 28.6 Å². The summed E-state index contributed by atoms with van der Waals surface area (Å²) >= 11 is 0. The van der Waals surface area contributed by atoms with Crippen LogP contribution >= 0.6 is 0 Å².